The molecule has 0 bridgehead atoms. The number of carbonyl (C=O) groups excluding carboxylic acids is 2. The van der Waals surface area contributed by atoms with Gasteiger partial charge in [0.05, 0.1) is 18.6 Å². The van der Waals surface area contributed by atoms with E-state index in [1.54, 1.807) is 29.2 Å². The van der Waals surface area contributed by atoms with Crippen LogP contribution in [0.1, 0.15) is 56.2 Å². The van der Waals surface area contributed by atoms with Crippen molar-refractivity contribution in [3.8, 4) is 5.75 Å². The van der Waals surface area contributed by atoms with Crippen LogP contribution in [0.15, 0.2) is 78.9 Å². The number of unbranched alkanes of at least 4 members (excludes halogenated alkanes) is 1. The molecular weight excluding hydrogens is 562 g/mol. The Morgan fingerprint density at radius 2 is 1.58 bits per heavy atom. The Kier molecular flexibility index (Phi) is 13.1. The molecule has 0 fully saturated rings. The molecule has 43 heavy (non-hydrogen) atoms. The number of carbonyl (C=O) groups is 2. The first-order chi connectivity index (χ1) is 20.6. The fourth-order valence-electron chi connectivity index (χ4n) is 4.91. The number of anilines is 1. The highest BCUT2D eigenvalue weighted by atomic mass is 32.2. The van der Waals surface area contributed by atoms with Crippen molar-refractivity contribution in [3.63, 3.8) is 0 Å². The maximum atomic E-state index is 14.0. The molecular formula is C34H45N3O5S. The number of rotatable bonds is 17. The molecule has 1 N–H and O–H groups in total. The third-order valence-corrected chi connectivity index (χ3v) is 8.48. The van der Waals surface area contributed by atoms with E-state index in [1.807, 2.05) is 68.4 Å². The molecule has 0 aliphatic carbocycles. The molecule has 9 heteroatoms. The summed E-state index contributed by atoms with van der Waals surface area (Å²) in [6.45, 7) is 7.40. The number of hydrogen-bond acceptors (Lipinski definition) is 5. The molecule has 0 aromatic heterocycles. The zero-order chi connectivity index (χ0) is 31.2. The number of nitrogens with zero attached hydrogens (tertiary/aromatic N) is 2. The third kappa shape index (κ3) is 10.4. The second-order valence-electron chi connectivity index (χ2n) is 10.7. The highest BCUT2D eigenvalue weighted by molar-refractivity contribution is 7.92. The van der Waals surface area contributed by atoms with Gasteiger partial charge < -0.3 is 15.0 Å². The number of sulfonamides is 1. The van der Waals surface area contributed by atoms with Crippen LogP contribution in [0.2, 0.25) is 0 Å². The summed E-state index contributed by atoms with van der Waals surface area (Å²) >= 11 is 0. The van der Waals surface area contributed by atoms with E-state index in [-0.39, 0.29) is 31.3 Å². The second-order valence-corrected chi connectivity index (χ2v) is 12.6. The quantitative estimate of drug-likeness (QED) is 0.205. The van der Waals surface area contributed by atoms with E-state index < -0.39 is 16.1 Å². The third-order valence-electron chi connectivity index (χ3n) is 7.29. The van der Waals surface area contributed by atoms with Gasteiger partial charge in [0, 0.05) is 32.5 Å². The van der Waals surface area contributed by atoms with Crippen LogP contribution in [0.5, 0.6) is 5.75 Å². The Morgan fingerprint density at radius 1 is 0.907 bits per heavy atom. The summed E-state index contributed by atoms with van der Waals surface area (Å²) in [5.74, 6) is 0.268. The standard InChI is InChI=1S/C34H45N3O5S/c1-5-7-23-35-34(39)32(25-28-15-9-8-10-16-28)36(26-29-17-12-11-14-27(29)3)33(38)18-13-24-37(43(4,40)41)30-19-21-31(22-20-30)42-6-2/h8-12,14-17,19-22,32H,5-7,13,18,23-26H2,1-4H3,(H,35,39). The lowest BCUT2D eigenvalue weighted by Crippen LogP contribution is -2.50. The Labute approximate surface area is 257 Å². The number of benzene rings is 3. The van der Waals surface area contributed by atoms with Crippen molar-refractivity contribution in [3.05, 3.63) is 95.6 Å². The number of nitrogens with one attached hydrogen (secondary N) is 1. The van der Waals surface area contributed by atoms with Gasteiger partial charge in [-0.15, -0.1) is 0 Å². The molecule has 0 aliphatic rings. The van der Waals surface area contributed by atoms with Gasteiger partial charge in [0.25, 0.3) is 0 Å². The predicted octanol–water partition coefficient (Wildman–Crippen LogP) is 5.50. The number of hydrogen-bond donors (Lipinski definition) is 1. The van der Waals surface area contributed by atoms with Gasteiger partial charge in [-0.2, -0.15) is 0 Å². The van der Waals surface area contributed by atoms with Crippen LogP contribution in [0, 0.1) is 6.92 Å². The van der Waals surface area contributed by atoms with Crippen LogP contribution < -0.4 is 14.4 Å². The smallest absolute Gasteiger partial charge is 0.243 e. The van der Waals surface area contributed by atoms with Crippen LogP contribution in [0.3, 0.4) is 0 Å². The first-order valence-corrected chi connectivity index (χ1v) is 16.8. The Hall–Kier alpha value is -3.85. The van der Waals surface area contributed by atoms with Gasteiger partial charge in [0.1, 0.15) is 11.8 Å². The molecule has 0 saturated heterocycles. The van der Waals surface area contributed by atoms with E-state index in [2.05, 4.69) is 12.2 Å². The minimum Gasteiger partial charge on any atom is -0.494 e. The van der Waals surface area contributed by atoms with Gasteiger partial charge in [0.2, 0.25) is 21.8 Å². The average Bonchev–Trinajstić information content (AvgIpc) is 2.98. The number of amides is 2. The van der Waals surface area contributed by atoms with E-state index in [0.29, 0.717) is 37.4 Å². The maximum Gasteiger partial charge on any atom is 0.243 e. The van der Waals surface area contributed by atoms with Crippen LogP contribution in [-0.2, 0) is 32.6 Å². The first kappa shape index (κ1) is 33.6. The lowest BCUT2D eigenvalue weighted by atomic mass is 10.0. The van der Waals surface area contributed by atoms with Crippen LogP contribution in [0.4, 0.5) is 5.69 Å². The first-order valence-electron chi connectivity index (χ1n) is 15.0. The van der Waals surface area contributed by atoms with Crippen molar-refractivity contribution in [2.75, 3.05) is 30.3 Å². The van der Waals surface area contributed by atoms with Gasteiger partial charge in [-0.25, -0.2) is 8.42 Å². The molecule has 3 rings (SSSR count). The zero-order valence-electron chi connectivity index (χ0n) is 25.8. The molecule has 8 nitrogen and oxygen atoms in total. The minimum absolute atomic E-state index is 0.0858. The summed E-state index contributed by atoms with van der Waals surface area (Å²) in [4.78, 5) is 29.2. The lowest BCUT2D eigenvalue weighted by molar-refractivity contribution is -0.141. The topological polar surface area (TPSA) is 96.0 Å². The monoisotopic (exact) mass is 607 g/mol. The van der Waals surface area contributed by atoms with Crippen LogP contribution in [0.25, 0.3) is 0 Å². The lowest BCUT2D eigenvalue weighted by Gasteiger charge is -2.32. The largest absolute Gasteiger partial charge is 0.494 e. The fraction of sp³-hybridized carbons (Fsp3) is 0.412. The van der Waals surface area contributed by atoms with E-state index in [0.717, 1.165) is 35.8 Å². The SMILES string of the molecule is CCCCNC(=O)C(Cc1ccccc1)N(Cc1ccccc1C)C(=O)CCCN(c1ccc(OCC)cc1)S(C)(=O)=O. The molecule has 0 spiro atoms. The summed E-state index contributed by atoms with van der Waals surface area (Å²) in [6.07, 6.45) is 3.70. The minimum atomic E-state index is -3.60. The Balaban J connectivity index is 1.86. The number of ether oxygens (including phenoxy) is 1. The summed E-state index contributed by atoms with van der Waals surface area (Å²) in [5, 5.41) is 3.04. The van der Waals surface area contributed by atoms with Gasteiger partial charge in [-0.05, 0) is 67.6 Å². The molecule has 0 radical (unpaired) electrons. The van der Waals surface area contributed by atoms with Crippen LogP contribution >= 0.6 is 0 Å². The van der Waals surface area contributed by atoms with Crippen molar-refractivity contribution in [2.45, 2.75) is 65.5 Å². The van der Waals surface area contributed by atoms with Crippen molar-refractivity contribution in [2.24, 2.45) is 0 Å². The van der Waals surface area contributed by atoms with Crippen molar-refractivity contribution in [1.82, 2.24) is 10.2 Å². The van der Waals surface area contributed by atoms with Gasteiger partial charge in [-0.3, -0.25) is 13.9 Å². The second kappa shape index (κ2) is 16.7. The Morgan fingerprint density at radius 3 is 2.21 bits per heavy atom. The molecule has 3 aromatic rings. The molecule has 0 aliphatic heterocycles. The molecule has 0 heterocycles. The maximum absolute atomic E-state index is 14.0. The summed E-state index contributed by atoms with van der Waals surface area (Å²) in [7, 11) is -3.60. The molecule has 3 aromatic carbocycles. The molecule has 1 atom stereocenters. The zero-order valence-corrected chi connectivity index (χ0v) is 26.6. The normalized spacial score (nSPS) is 11.9. The highest BCUT2D eigenvalue weighted by Crippen LogP contribution is 2.23. The van der Waals surface area contributed by atoms with Gasteiger partial charge >= 0.3 is 0 Å². The molecule has 2 amide bonds. The van der Waals surface area contributed by atoms with Gasteiger partial charge in [-0.1, -0.05) is 67.9 Å². The molecule has 232 valence electrons. The Bertz CT molecular complexity index is 1410. The van der Waals surface area contributed by atoms with Crippen molar-refractivity contribution < 1.29 is 22.7 Å². The average molecular weight is 608 g/mol. The van der Waals surface area contributed by atoms with E-state index in [9.17, 15) is 18.0 Å². The number of aryl methyl sites for hydroxylation is 1. The fourth-order valence-corrected chi connectivity index (χ4v) is 5.88. The summed E-state index contributed by atoms with van der Waals surface area (Å²) < 4.78 is 32.2. The van der Waals surface area contributed by atoms with E-state index >= 15 is 0 Å². The predicted molar refractivity (Wildman–Crippen MR) is 173 cm³/mol. The van der Waals surface area contributed by atoms with E-state index in [1.165, 1.54) is 4.31 Å². The molecule has 0 saturated carbocycles. The van der Waals surface area contributed by atoms with Crippen LogP contribution in [-0.4, -0.2) is 57.1 Å². The van der Waals surface area contributed by atoms with E-state index in [4.69, 9.17) is 4.74 Å². The van der Waals surface area contributed by atoms with Gasteiger partial charge in [0.15, 0.2) is 0 Å². The highest BCUT2D eigenvalue weighted by Gasteiger charge is 2.30. The van der Waals surface area contributed by atoms with Crippen molar-refractivity contribution in [1.29, 1.82) is 0 Å². The molecule has 1 unspecified atom stereocenters. The van der Waals surface area contributed by atoms with Crippen molar-refractivity contribution >= 4 is 27.5 Å². The summed E-state index contributed by atoms with van der Waals surface area (Å²) in [6, 6.07) is 23.7. The summed E-state index contributed by atoms with van der Waals surface area (Å²) in [5.41, 5.74) is 3.46.